The fourth-order valence-corrected chi connectivity index (χ4v) is 2.48. The van der Waals surface area contributed by atoms with Crippen LogP contribution in [0, 0.1) is 6.92 Å². The van der Waals surface area contributed by atoms with Gasteiger partial charge in [0.1, 0.15) is 12.4 Å². The molecule has 0 unspecified atom stereocenters. The van der Waals surface area contributed by atoms with Gasteiger partial charge < -0.3 is 19.8 Å². The molecule has 0 spiro atoms. The third-order valence-corrected chi connectivity index (χ3v) is 3.75. The Kier molecular flexibility index (Phi) is 5.05. The van der Waals surface area contributed by atoms with Crippen LogP contribution in [-0.2, 0) is 20.8 Å². The third kappa shape index (κ3) is 4.40. The second-order valence-electron chi connectivity index (χ2n) is 5.69. The maximum absolute atomic E-state index is 11.8. The SMILES string of the molecule is Cc1cccc(-c2cnc(CNC(=O)CO[C@@H]3CCOC3)[nH]2)c1. The van der Waals surface area contributed by atoms with Gasteiger partial charge >= 0.3 is 0 Å². The zero-order valence-electron chi connectivity index (χ0n) is 13.2. The van der Waals surface area contributed by atoms with Crippen LogP contribution < -0.4 is 5.32 Å². The molecule has 122 valence electrons. The number of carbonyl (C=O) groups excluding carboxylic acids is 1. The van der Waals surface area contributed by atoms with Crippen molar-refractivity contribution in [3.8, 4) is 11.3 Å². The molecule has 1 aliphatic heterocycles. The van der Waals surface area contributed by atoms with Crippen LogP contribution in [0.2, 0.25) is 0 Å². The Bertz CT molecular complexity index is 663. The quantitative estimate of drug-likeness (QED) is 0.852. The van der Waals surface area contributed by atoms with Crippen LogP contribution in [0.25, 0.3) is 11.3 Å². The van der Waals surface area contributed by atoms with Crippen molar-refractivity contribution >= 4 is 5.91 Å². The molecule has 6 nitrogen and oxygen atoms in total. The molecule has 2 heterocycles. The number of H-pyrrole nitrogens is 1. The van der Waals surface area contributed by atoms with E-state index in [2.05, 4.69) is 34.3 Å². The summed E-state index contributed by atoms with van der Waals surface area (Å²) in [5, 5.41) is 2.80. The van der Waals surface area contributed by atoms with Crippen LogP contribution in [0.5, 0.6) is 0 Å². The average Bonchev–Trinajstić information content (AvgIpc) is 3.22. The van der Waals surface area contributed by atoms with Crippen LogP contribution in [0.15, 0.2) is 30.5 Å². The minimum atomic E-state index is -0.148. The lowest BCUT2D eigenvalue weighted by molar-refractivity contribution is -0.127. The number of rotatable bonds is 6. The molecule has 1 amide bonds. The summed E-state index contributed by atoms with van der Waals surface area (Å²) >= 11 is 0. The van der Waals surface area contributed by atoms with E-state index in [4.69, 9.17) is 9.47 Å². The first kappa shape index (κ1) is 15.7. The molecule has 0 aliphatic carbocycles. The zero-order chi connectivity index (χ0) is 16.1. The summed E-state index contributed by atoms with van der Waals surface area (Å²) < 4.78 is 10.7. The Morgan fingerprint density at radius 2 is 2.43 bits per heavy atom. The maximum Gasteiger partial charge on any atom is 0.246 e. The monoisotopic (exact) mass is 315 g/mol. The number of benzene rings is 1. The third-order valence-electron chi connectivity index (χ3n) is 3.75. The lowest BCUT2D eigenvalue weighted by Crippen LogP contribution is -2.29. The van der Waals surface area contributed by atoms with Gasteiger partial charge in [0.05, 0.1) is 31.1 Å². The number of carbonyl (C=O) groups is 1. The summed E-state index contributed by atoms with van der Waals surface area (Å²) in [5.41, 5.74) is 3.22. The molecule has 0 radical (unpaired) electrons. The number of hydrogen-bond donors (Lipinski definition) is 2. The molecule has 0 saturated carbocycles. The number of imidazole rings is 1. The van der Waals surface area contributed by atoms with Gasteiger partial charge in [0.15, 0.2) is 0 Å². The van der Waals surface area contributed by atoms with Gasteiger partial charge in [-0.1, -0.05) is 23.8 Å². The largest absolute Gasteiger partial charge is 0.379 e. The van der Waals surface area contributed by atoms with E-state index in [0.717, 1.165) is 23.5 Å². The Morgan fingerprint density at radius 1 is 1.52 bits per heavy atom. The van der Waals surface area contributed by atoms with E-state index in [1.165, 1.54) is 5.56 Å². The summed E-state index contributed by atoms with van der Waals surface area (Å²) in [6, 6.07) is 8.18. The highest BCUT2D eigenvalue weighted by Gasteiger charge is 2.17. The first-order chi connectivity index (χ1) is 11.2. The predicted molar refractivity (Wildman–Crippen MR) is 85.8 cm³/mol. The number of aromatic amines is 1. The number of nitrogens with one attached hydrogen (secondary N) is 2. The van der Waals surface area contributed by atoms with Gasteiger partial charge in [0.2, 0.25) is 5.91 Å². The van der Waals surface area contributed by atoms with Gasteiger partial charge in [-0.25, -0.2) is 4.98 Å². The van der Waals surface area contributed by atoms with Gasteiger partial charge in [0.25, 0.3) is 0 Å². The minimum Gasteiger partial charge on any atom is -0.379 e. The Hall–Kier alpha value is -2.18. The van der Waals surface area contributed by atoms with E-state index in [9.17, 15) is 4.79 Å². The number of aromatic nitrogens is 2. The molecular weight excluding hydrogens is 294 g/mol. The van der Waals surface area contributed by atoms with E-state index in [-0.39, 0.29) is 18.6 Å². The van der Waals surface area contributed by atoms with E-state index in [0.29, 0.717) is 19.8 Å². The van der Waals surface area contributed by atoms with Crippen molar-refractivity contribution in [3.05, 3.63) is 41.9 Å². The van der Waals surface area contributed by atoms with Crippen molar-refractivity contribution in [1.82, 2.24) is 15.3 Å². The molecule has 1 fully saturated rings. The molecule has 1 aromatic heterocycles. The molecule has 1 aliphatic rings. The molecule has 2 aromatic rings. The first-order valence-electron chi connectivity index (χ1n) is 7.77. The molecule has 1 aromatic carbocycles. The highest BCUT2D eigenvalue weighted by molar-refractivity contribution is 5.77. The van der Waals surface area contributed by atoms with Crippen LogP contribution in [-0.4, -0.2) is 41.8 Å². The van der Waals surface area contributed by atoms with Crippen molar-refractivity contribution in [2.75, 3.05) is 19.8 Å². The minimum absolute atomic E-state index is 0.0392. The molecule has 1 atom stereocenters. The molecule has 6 heteroatoms. The molecule has 3 rings (SSSR count). The fourth-order valence-electron chi connectivity index (χ4n) is 2.48. The van der Waals surface area contributed by atoms with Crippen molar-refractivity contribution in [3.63, 3.8) is 0 Å². The fraction of sp³-hybridized carbons (Fsp3) is 0.412. The van der Waals surface area contributed by atoms with Crippen LogP contribution in [0.1, 0.15) is 17.8 Å². The van der Waals surface area contributed by atoms with Crippen molar-refractivity contribution < 1.29 is 14.3 Å². The summed E-state index contributed by atoms with van der Waals surface area (Å²) in [5.74, 6) is 0.574. The van der Waals surface area contributed by atoms with Crippen LogP contribution >= 0.6 is 0 Å². The van der Waals surface area contributed by atoms with Crippen molar-refractivity contribution in [2.24, 2.45) is 0 Å². The lowest BCUT2D eigenvalue weighted by Gasteiger charge is -2.09. The second-order valence-corrected chi connectivity index (χ2v) is 5.69. The highest BCUT2D eigenvalue weighted by atomic mass is 16.5. The van der Waals surface area contributed by atoms with Gasteiger partial charge in [-0.05, 0) is 25.0 Å². The number of nitrogens with zero attached hydrogens (tertiary/aromatic N) is 1. The van der Waals surface area contributed by atoms with Gasteiger partial charge in [-0.3, -0.25) is 4.79 Å². The zero-order valence-corrected chi connectivity index (χ0v) is 13.2. The van der Waals surface area contributed by atoms with Crippen molar-refractivity contribution in [2.45, 2.75) is 26.0 Å². The van der Waals surface area contributed by atoms with E-state index >= 15 is 0 Å². The summed E-state index contributed by atoms with van der Waals surface area (Å²) in [6.07, 6.45) is 2.67. The molecule has 2 N–H and O–H groups in total. The Labute approximate surface area is 135 Å². The Morgan fingerprint density at radius 3 is 3.22 bits per heavy atom. The van der Waals surface area contributed by atoms with Gasteiger partial charge in [-0.2, -0.15) is 0 Å². The summed E-state index contributed by atoms with van der Waals surface area (Å²) in [6.45, 7) is 3.75. The average molecular weight is 315 g/mol. The van der Waals surface area contributed by atoms with Crippen LogP contribution in [0.3, 0.4) is 0 Å². The van der Waals surface area contributed by atoms with E-state index in [1.54, 1.807) is 6.20 Å². The molecule has 1 saturated heterocycles. The predicted octanol–water partition coefficient (Wildman–Crippen LogP) is 1.81. The molecular formula is C17H21N3O3. The normalized spacial score (nSPS) is 17.3. The molecule has 23 heavy (non-hydrogen) atoms. The summed E-state index contributed by atoms with van der Waals surface area (Å²) in [4.78, 5) is 19.3. The van der Waals surface area contributed by atoms with Crippen molar-refractivity contribution in [1.29, 1.82) is 0 Å². The van der Waals surface area contributed by atoms with Gasteiger partial charge in [-0.15, -0.1) is 0 Å². The number of aryl methyl sites for hydroxylation is 1. The van der Waals surface area contributed by atoms with E-state index < -0.39 is 0 Å². The number of hydrogen-bond acceptors (Lipinski definition) is 4. The standard InChI is InChI=1S/C17H21N3O3/c1-12-3-2-4-13(7-12)15-8-18-16(20-15)9-19-17(21)11-23-14-5-6-22-10-14/h2-4,7-8,14H,5-6,9-11H2,1H3,(H,18,20)(H,19,21)/t14-/m1/s1. The lowest BCUT2D eigenvalue weighted by atomic mass is 10.1. The van der Waals surface area contributed by atoms with E-state index in [1.807, 2.05) is 12.1 Å². The number of amides is 1. The molecule has 0 bridgehead atoms. The smallest absolute Gasteiger partial charge is 0.246 e. The van der Waals surface area contributed by atoms with Crippen LogP contribution in [0.4, 0.5) is 0 Å². The number of ether oxygens (including phenoxy) is 2. The maximum atomic E-state index is 11.8. The first-order valence-corrected chi connectivity index (χ1v) is 7.77. The topological polar surface area (TPSA) is 76.2 Å². The van der Waals surface area contributed by atoms with Gasteiger partial charge in [0, 0.05) is 6.61 Å². The Balaban J connectivity index is 1.48. The second kappa shape index (κ2) is 7.39. The summed E-state index contributed by atoms with van der Waals surface area (Å²) in [7, 11) is 0. The highest BCUT2D eigenvalue weighted by Crippen LogP contribution is 2.18.